The van der Waals surface area contributed by atoms with E-state index in [1.165, 1.54) is 30.3 Å². The lowest BCUT2D eigenvalue weighted by Crippen LogP contribution is -2.19. The van der Waals surface area contributed by atoms with Gasteiger partial charge >= 0.3 is 6.18 Å². The quantitative estimate of drug-likeness (QED) is 0.401. The Hall–Kier alpha value is -3.59. The molecule has 5 nitrogen and oxygen atoms in total. The lowest BCUT2D eigenvalue weighted by Gasteiger charge is -2.14. The first kappa shape index (κ1) is 23.1. The largest absolute Gasteiger partial charge is 0.507 e. The molecule has 3 aromatic rings. The van der Waals surface area contributed by atoms with Crippen LogP contribution < -0.4 is 10.6 Å². The summed E-state index contributed by atoms with van der Waals surface area (Å²) in [5.74, 6) is -1.92. The second-order valence-corrected chi connectivity index (χ2v) is 7.09. The molecule has 0 saturated heterocycles. The van der Waals surface area contributed by atoms with E-state index in [-0.39, 0.29) is 33.1 Å². The first-order valence-corrected chi connectivity index (χ1v) is 9.43. The number of aromatic hydroxyl groups is 1. The minimum Gasteiger partial charge on any atom is -0.507 e. The standard InChI is InChI=1S/C22H15ClF4N2O3/c23-14-4-8-17(19(30)10-14)21(32)29-18-9-12(11-24)1-7-16(18)20(31)28-15-5-2-13(3-6-15)22(25,26)27/h1-10,30H,11H2,(H,28,31)(H,29,32). The number of phenols is 1. The highest BCUT2D eigenvalue weighted by molar-refractivity contribution is 6.31. The van der Waals surface area contributed by atoms with E-state index >= 15 is 0 Å². The molecule has 10 heteroatoms. The second kappa shape index (κ2) is 9.27. The van der Waals surface area contributed by atoms with Crippen molar-refractivity contribution in [2.45, 2.75) is 12.9 Å². The maximum absolute atomic E-state index is 13.1. The summed E-state index contributed by atoms with van der Waals surface area (Å²) in [6.45, 7) is -0.865. The van der Waals surface area contributed by atoms with Crippen molar-refractivity contribution in [2.24, 2.45) is 0 Å². The van der Waals surface area contributed by atoms with E-state index in [2.05, 4.69) is 10.6 Å². The van der Waals surface area contributed by atoms with Gasteiger partial charge in [-0.1, -0.05) is 17.7 Å². The van der Waals surface area contributed by atoms with Crippen LogP contribution in [0.15, 0.2) is 60.7 Å². The van der Waals surface area contributed by atoms with E-state index in [9.17, 15) is 32.3 Å². The molecule has 166 valence electrons. The Morgan fingerprint density at radius 2 is 1.50 bits per heavy atom. The normalized spacial score (nSPS) is 11.2. The third-order valence-corrected chi connectivity index (χ3v) is 4.64. The maximum Gasteiger partial charge on any atom is 0.416 e. The van der Waals surface area contributed by atoms with Crippen molar-refractivity contribution in [3.8, 4) is 5.75 Å². The molecule has 0 fully saturated rings. The number of phenolic OH excluding ortho intramolecular Hbond substituents is 1. The number of nitrogens with one attached hydrogen (secondary N) is 2. The fourth-order valence-electron chi connectivity index (χ4n) is 2.80. The predicted molar refractivity (Wildman–Crippen MR) is 112 cm³/mol. The minimum atomic E-state index is -4.52. The van der Waals surface area contributed by atoms with Crippen molar-refractivity contribution < 1.29 is 32.3 Å². The van der Waals surface area contributed by atoms with Crippen molar-refractivity contribution in [3.63, 3.8) is 0 Å². The SMILES string of the molecule is O=C(Nc1cc(CF)ccc1C(=O)Nc1ccc(C(F)(F)F)cc1)c1ccc(Cl)cc1O. The lowest BCUT2D eigenvalue weighted by molar-refractivity contribution is -0.137. The Labute approximate surface area is 184 Å². The maximum atomic E-state index is 13.1. The van der Waals surface area contributed by atoms with E-state index in [1.54, 1.807) is 0 Å². The van der Waals surface area contributed by atoms with Gasteiger partial charge in [0.1, 0.15) is 12.4 Å². The monoisotopic (exact) mass is 466 g/mol. The average Bonchev–Trinajstić information content (AvgIpc) is 2.73. The minimum absolute atomic E-state index is 0.0519. The Kier molecular flexibility index (Phi) is 6.69. The van der Waals surface area contributed by atoms with Crippen LogP contribution in [-0.4, -0.2) is 16.9 Å². The van der Waals surface area contributed by atoms with Crippen molar-refractivity contribution in [2.75, 3.05) is 10.6 Å². The highest BCUT2D eigenvalue weighted by Crippen LogP contribution is 2.30. The molecule has 0 aliphatic rings. The molecule has 0 bridgehead atoms. The van der Waals surface area contributed by atoms with Crippen LogP contribution >= 0.6 is 11.6 Å². The number of hydrogen-bond acceptors (Lipinski definition) is 3. The van der Waals surface area contributed by atoms with Crippen molar-refractivity contribution in [1.29, 1.82) is 0 Å². The molecule has 0 aliphatic heterocycles. The highest BCUT2D eigenvalue weighted by atomic mass is 35.5. The predicted octanol–water partition coefficient (Wildman–Crippen LogP) is 6.04. The van der Waals surface area contributed by atoms with Crippen LogP contribution in [0.4, 0.5) is 28.9 Å². The van der Waals surface area contributed by atoms with E-state index < -0.39 is 36.0 Å². The summed E-state index contributed by atoms with van der Waals surface area (Å²) in [5, 5.41) is 15.0. The molecule has 0 radical (unpaired) electrons. The first-order chi connectivity index (χ1) is 15.1. The van der Waals surface area contributed by atoms with Gasteiger partial charge in [-0.2, -0.15) is 13.2 Å². The van der Waals surface area contributed by atoms with Crippen LogP contribution in [0.25, 0.3) is 0 Å². The molecule has 0 atom stereocenters. The molecule has 3 rings (SSSR count). The van der Waals surface area contributed by atoms with Gasteiger partial charge in [0.05, 0.1) is 22.4 Å². The van der Waals surface area contributed by atoms with Crippen LogP contribution in [0.1, 0.15) is 31.8 Å². The van der Waals surface area contributed by atoms with Crippen LogP contribution in [0.3, 0.4) is 0 Å². The van der Waals surface area contributed by atoms with Crippen LogP contribution in [0.2, 0.25) is 5.02 Å². The zero-order chi connectivity index (χ0) is 23.5. The van der Waals surface area contributed by atoms with E-state index in [4.69, 9.17) is 11.6 Å². The number of benzene rings is 3. The van der Waals surface area contributed by atoms with Gasteiger partial charge in [-0.25, -0.2) is 4.39 Å². The zero-order valence-corrected chi connectivity index (χ0v) is 16.9. The number of halogens is 5. The summed E-state index contributed by atoms with van der Waals surface area (Å²) in [6.07, 6.45) is -4.52. The topological polar surface area (TPSA) is 78.4 Å². The summed E-state index contributed by atoms with van der Waals surface area (Å²) in [6, 6.07) is 11.4. The van der Waals surface area contributed by atoms with E-state index in [0.717, 1.165) is 30.3 Å². The van der Waals surface area contributed by atoms with Gasteiger partial charge in [0, 0.05) is 10.7 Å². The Morgan fingerprint density at radius 1 is 0.875 bits per heavy atom. The number of anilines is 2. The van der Waals surface area contributed by atoms with Gasteiger partial charge in [0.2, 0.25) is 0 Å². The molecule has 0 saturated carbocycles. The summed E-state index contributed by atoms with van der Waals surface area (Å²) < 4.78 is 51.2. The number of carbonyl (C=O) groups is 2. The molecule has 2 amide bonds. The lowest BCUT2D eigenvalue weighted by atomic mass is 10.1. The molecule has 3 aromatic carbocycles. The summed E-state index contributed by atoms with van der Waals surface area (Å²) in [7, 11) is 0. The number of rotatable bonds is 5. The van der Waals surface area contributed by atoms with Crippen LogP contribution in [-0.2, 0) is 12.9 Å². The fourth-order valence-corrected chi connectivity index (χ4v) is 2.97. The molecule has 0 spiro atoms. The van der Waals surface area contributed by atoms with Crippen molar-refractivity contribution >= 4 is 34.8 Å². The van der Waals surface area contributed by atoms with E-state index in [1.807, 2.05) is 0 Å². The molecular formula is C22H15ClF4N2O3. The Morgan fingerprint density at radius 3 is 2.09 bits per heavy atom. The number of carbonyl (C=O) groups excluding carboxylic acids is 2. The Bertz CT molecular complexity index is 1160. The zero-order valence-electron chi connectivity index (χ0n) is 16.1. The van der Waals surface area contributed by atoms with Crippen molar-refractivity contribution in [3.05, 3.63) is 87.9 Å². The number of hydrogen-bond donors (Lipinski definition) is 3. The molecule has 0 unspecified atom stereocenters. The summed E-state index contributed by atoms with van der Waals surface area (Å²) in [4.78, 5) is 25.3. The second-order valence-electron chi connectivity index (χ2n) is 6.66. The average molecular weight is 467 g/mol. The van der Waals surface area contributed by atoms with Crippen LogP contribution in [0, 0.1) is 0 Å². The molecule has 3 N–H and O–H groups in total. The summed E-state index contributed by atoms with van der Waals surface area (Å²) in [5.41, 5.74) is -0.864. The number of alkyl halides is 4. The van der Waals surface area contributed by atoms with Gasteiger partial charge in [0.25, 0.3) is 11.8 Å². The molecule has 32 heavy (non-hydrogen) atoms. The number of amides is 2. The van der Waals surface area contributed by atoms with Gasteiger partial charge in [0.15, 0.2) is 0 Å². The molecular weight excluding hydrogens is 452 g/mol. The highest BCUT2D eigenvalue weighted by Gasteiger charge is 2.30. The van der Waals surface area contributed by atoms with Gasteiger partial charge in [-0.05, 0) is 60.2 Å². The van der Waals surface area contributed by atoms with Crippen molar-refractivity contribution in [1.82, 2.24) is 0 Å². The fraction of sp³-hybridized carbons (Fsp3) is 0.0909. The molecule has 0 aliphatic carbocycles. The smallest absolute Gasteiger partial charge is 0.416 e. The van der Waals surface area contributed by atoms with Crippen LogP contribution in [0.5, 0.6) is 5.75 Å². The molecule has 0 heterocycles. The van der Waals surface area contributed by atoms with E-state index in [0.29, 0.717) is 0 Å². The molecule has 0 aromatic heterocycles. The third kappa shape index (κ3) is 5.36. The Balaban J connectivity index is 1.86. The van der Waals surface area contributed by atoms with Gasteiger partial charge in [-0.15, -0.1) is 0 Å². The summed E-state index contributed by atoms with van der Waals surface area (Å²) >= 11 is 5.75. The van der Waals surface area contributed by atoms with Gasteiger partial charge < -0.3 is 15.7 Å². The first-order valence-electron chi connectivity index (χ1n) is 9.06. The third-order valence-electron chi connectivity index (χ3n) is 4.41. The van der Waals surface area contributed by atoms with Gasteiger partial charge in [-0.3, -0.25) is 9.59 Å².